The maximum absolute atomic E-state index is 12.8. The number of amides is 2. The largest absolute Gasteiger partial charge is 0.342 e. The summed E-state index contributed by atoms with van der Waals surface area (Å²) in [6, 6.07) is 1.87. The molecular formula is C21H28N6O2. The first kappa shape index (κ1) is 19.5. The predicted molar refractivity (Wildman–Crippen MR) is 107 cm³/mol. The molecule has 2 amide bonds. The second-order valence-corrected chi connectivity index (χ2v) is 8.12. The Kier molecular flexibility index (Phi) is 5.60. The maximum Gasteiger partial charge on any atom is 0.227 e. The molecular weight excluding hydrogens is 368 g/mol. The molecule has 2 aliphatic heterocycles. The van der Waals surface area contributed by atoms with Crippen molar-refractivity contribution in [2.45, 2.75) is 52.1 Å². The van der Waals surface area contributed by atoms with Crippen LogP contribution in [0.4, 0.5) is 0 Å². The van der Waals surface area contributed by atoms with Crippen LogP contribution in [0.15, 0.2) is 24.7 Å². The fourth-order valence-electron chi connectivity index (χ4n) is 4.23. The number of aromatic nitrogens is 4. The van der Waals surface area contributed by atoms with Gasteiger partial charge in [0.25, 0.3) is 0 Å². The van der Waals surface area contributed by atoms with Crippen LogP contribution in [0.2, 0.25) is 0 Å². The summed E-state index contributed by atoms with van der Waals surface area (Å²) in [5.41, 5.74) is 2.12. The molecule has 0 N–H and O–H groups in total. The lowest BCUT2D eigenvalue weighted by Gasteiger charge is -2.33. The summed E-state index contributed by atoms with van der Waals surface area (Å²) in [5, 5.41) is 4.19. The van der Waals surface area contributed by atoms with Crippen LogP contribution in [0.5, 0.6) is 0 Å². The van der Waals surface area contributed by atoms with Crippen molar-refractivity contribution in [2.75, 3.05) is 19.6 Å². The van der Waals surface area contributed by atoms with E-state index in [9.17, 15) is 9.59 Å². The maximum atomic E-state index is 12.8. The van der Waals surface area contributed by atoms with Crippen molar-refractivity contribution < 1.29 is 9.59 Å². The van der Waals surface area contributed by atoms with Crippen LogP contribution in [0.25, 0.3) is 0 Å². The molecule has 0 bridgehead atoms. The standard InChI is InChI=1S/C21H28N6O2/c1-15(13-27-8-3-7-23-27)21(29)25-9-4-17(5-10-25)20-22-12-18-14-26(16(2)28)11-6-19(18)24-20/h3,7-8,12,15,17H,4-6,9-11,13-14H2,1-2H3/t15-/m1/s1. The molecule has 2 aromatic rings. The van der Waals surface area contributed by atoms with Gasteiger partial charge in [0.1, 0.15) is 5.82 Å². The highest BCUT2D eigenvalue weighted by atomic mass is 16.2. The Morgan fingerprint density at radius 2 is 2.00 bits per heavy atom. The van der Waals surface area contributed by atoms with E-state index in [2.05, 4.69) is 10.1 Å². The van der Waals surface area contributed by atoms with Gasteiger partial charge < -0.3 is 9.80 Å². The highest BCUT2D eigenvalue weighted by Gasteiger charge is 2.29. The van der Waals surface area contributed by atoms with Crippen molar-refractivity contribution in [2.24, 2.45) is 5.92 Å². The van der Waals surface area contributed by atoms with Crippen LogP contribution >= 0.6 is 0 Å². The zero-order chi connectivity index (χ0) is 20.4. The minimum absolute atomic E-state index is 0.0873. The van der Waals surface area contributed by atoms with E-state index in [0.29, 0.717) is 13.1 Å². The molecule has 8 heteroatoms. The van der Waals surface area contributed by atoms with Gasteiger partial charge in [-0.3, -0.25) is 14.3 Å². The Labute approximate surface area is 170 Å². The van der Waals surface area contributed by atoms with E-state index in [1.807, 2.05) is 39.9 Å². The molecule has 0 aliphatic carbocycles. The Morgan fingerprint density at radius 1 is 1.21 bits per heavy atom. The molecule has 29 heavy (non-hydrogen) atoms. The predicted octanol–water partition coefficient (Wildman–Crippen LogP) is 1.62. The average molecular weight is 396 g/mol. The first-order chi connectivity index (χ1) is 14.0. The number of nitrogens with zero attached hydrogens (tertiary/aromatic N) is 6. The minimum atomic E-state index is -0.0873. The Morgan fingerprint density at radius 3 is 2.69 bits per heavy atom. The third-order valence-electron chi connectivity index (χ3n) is 6.01. The van der Waals surface area contributed by atoms with Gasteiger partial charge >= 0.3 is 0 Å². The van der Waals surface area contributed by atoms with E-state index in [1.54, 1.807) is 13.1 Å². The van der Waals surface area contributed by atoms with Crippen LogP contribution in [0.1, 0.15) is 49.7 Å². The van der Waals surface area contributed by atoms with Crippen LogP contribution in [0, 0.1) is 5.92 Å². The Balaban J connectivity index is 1.34. The smallest absolute Gasteiger partial charge is 0.227 e. The number of hydrogen-bond acceptors (Lipinski definition) is 5. The lowest BCUT2D eigenvalue weighted by Crippen LogP contribution is -2.42. The molecule has 0 aromatic carbocycles. The van der Waals surface area contributed by atoms with Gasteiger partial charge in [0.15, 0.2) is 0 Å². The van der Waals surface area contributed by atoms with Gasteiger partial charge in [-0.05, 0) is 18.9 Å². The number of likely N-dealkylation sites (tertiary alicyclic amines) is 1. The van der Waals surface area contributed by atoms with Crippen molar-refractivity contribution in [3.8, 4) is 0 Å². The normalized spacial score (nSPS) is 18.4. The van der Waals surface area contributed by atoms with Crippen LogP contribution in [-0.4, -0.2) is 61.0 Å². The van der Waals surface area contributed by atoms with E-state index < -0.39 is 0 Å². The van der Waals surface area contributed by atoms with E-state index in [0.717, 1.165) is 56.0 Å². The minimum Gasteiger partial charge on any atom is -0.342 e. The van der Waals surface area contributed by atoms with Crippen molar-refractivity contribution in [3.05, 3.63) is 41.7 Å². The van der Waals surface area contributed by atoms with Gasteiger partial charge in [0.05, 0.1) is 18.2 Å². The molecule has 1 fully saturated rings. The topological polar surface area (TPSA) is 84.2 Å². The summed E-state index contributed by atoms with van der Waals surface area (Å²) >= 11 is 0. The number of hydrogen-bond donors (Lipinski definition) is 0. The van der Waals surface area contributed by atoms with Crippen LogP contribution < -0.4 is 0 Å². The third kappa shape index (κ3) is 4.31. The van der Waals surface area contributed by atoms with Crippen LogP contribution in [-0.2, 0) is 29.1 Å². The molecule has 2 aromatic heterocycles. The molecule has 4 heterocycles. The van der Waals surface area contributed by atoms with Crippen molar-refractivity contribution in [1.82, 2.24) is 29.5 Å². The molecule has 8 nitrogen and oxygen atoms in total. The Hall–Kier alpha value is -2.77. The number of carbonyl (C=O) groups is 2. The van der Waals surface area contributed by atoms with Crippen molar-refractivity contribution in [3.63, 3.8) is 0 Å². The van der Waals surface area contributed by atoms with E-state index in [-0.39, 0.29) is 23.7 Å². The molecule has 0 saturated carbocycles. The number of carbonyl (C=O) groups excluding carboxylic acids is 2. The summed E-state index contributed by atoms with van der Waals surface area (Å²) in [6.07, 6.45) is 8.07. The van der Waals surface area contributed by atoms with Gasteiger partial charge in [-0.2, -0.15) is 5.10 Å². The lowest BCUT2D eigenvalue weighted by atomic mass is 9.94. The van der Waals surface area contributed by atoms with Crippen molar-refractivity contribution >= 4 is 11.8 Å². The lowest BCUT2D eigenvalue weighted by molar-refractivity contribution is -0.136. The summed E-state index contributed by atoms with van der Waals surface area (Å²) in [5.74, 6) is 1.37. The fraction of sp³-hybridized carbons (Fsp3) is 0.571. The van der Waals surface area contributed by atoms with Gasteiger partial charge in [0.2, 0.25) is 11.8 Å². The zero-order valence-electron chi connectivity index (χ0n) is 17.1. The summed E-state index contributed by atoms with van der Waals surface area (Å²) < 4.78 is 1.81. The second-order valence-electron chi connectivity index (χ2n) is 8.12. The number of rotatable bonds is 4. The van der Waals surface area contributed by atoms with Crippen molar-refractivity contribution in [1.29, 1.82) is 0 Å². The number of fused-ring (bicyclic) bond motifs is 1. The Bertz CT molecular complexity index is 873. The van der Waals surface area contributed by atoms with E-state index in [4.69, 9.17) is 4.98 Å². The first-order valence-corrected chi connectivity index (χ1v) is 10.4. The summed E-state index contributed by atoms with van der Waals surface area (Å²) in [7, 11) is 0. The molecule has 1 atom stereocenters. The zero-order valence-corrected chi connectivity index (χ0v) is 17.1. The number of piperidine rings is 1. The SMILES string of the molecule is CC(=O)N1CCc2nc(C3CCN(C(=O)[C@H](C)Cn4cccn4)CC3)ncc2C1. The van der Waals surface area contributed by atoms with E-state index in [1.165, 1.54) is 0 Å². The summed E-state index contributed by atoms with van der Waals surface area (Å²) in [4.78, 5) is 37.6. The first-order valence-electron chi connectivity index (χ1n) is 10.4. The molecule has 0 spiro atoms. The molecule has 154 valence electrons. The van der Waals surface area contributed by atoms with Gasteiger partial charge in [-0.1, -0.05) is 6.92 Å². The molecule has 0 unspecified atom stereocenters. The molecule has 2 aliphatic rings. The molecule has 0 radical (unpaired) electrons. The third-order valence-corrected chi connectivity index (χ3v) is 6.01. The second kappa shape index (κ2) is 8.31. The molecule has 1 saturated heterocycles. The highest BCUT2D eigenvalue weighted by molar-refractivity contribution is 5.78. The monoisotopic (exact) mass is 396 g/mol. The summed E-state index contributed by atoms with van der Waals surface area (Å²) in [6.45, 7) is 6.98. The average Bonchev–Trinajstić information content (AvgIpc) is 3.25. The molecule has 4 rings (SSSR count). The highest BCUT2D eigenvalue weighted by Crippen LogP contribution is 2.28. The van der Waals surface area contributed by atoms with Crippen LogP contribution in [0.3, 0.4) is 0 Å². The van der Waals surface area contributed by atoms with Gasteiger partial charge in [0, 0.05) is 69.6 Å². The van der Waals surface area contributed by atoms with Gasteiger partial charge in [-0.25, -0.2) is 9.97 Å². The van der Waals surface area contributed by atoms with Gasteiger partial charge in [-0.15, -0.1) is 0 Å². The fourth-order valence-corrected chi connectivity index (χ4v) is 4.23. The quantitative estimate of drug-likeness (QED) is 0.784. The van der Waals surface area contributed by atoms with E-state index >= 15 is 0 Å².